The fourth-order valence-corrected chi connectivity index (χ4v) is 4.83. The van der Waals surface area contributed by atoms with Crippen LogP contribution in [0.3, 0.4) is 0 Å². The molecule has 1 heterocycles. The first kappa shape index (κ1) is 17.7. The largest absolute Gasteiger partial charge is 0.365 e. The molecule has 2 aromatic rings. The Labute approximate surface area is 152 Å². The van der Waals surface area contributed by atoms with E-state index in [0.29, 0.717) is 10.6 Å². The van der Waals surface area contributed by atoms with E-state index in [1.807, 2.05) is 30.3 Å². The normalized spacial score (nSPS) is 14.6. The highest BCUT2D eigenvalue weighted by molar-refractivity contribution is 7.17. The molecule has 1 aromatic heterocycles. The first-order chi connectivity index (χ1) is 12.1. The molecule has 5 heteroatoms. The monoisotopic (exact) mass is 356 g/mol. The Hall–Kier alpha value is -2.14. The van der Waals surface area contributed by atoms with Crippen LogP contribution in [0.4, 0.5) is 5.00 Å². The molecule has 0 radical (unpaired) electrons. The predicted octanol–water partition coefficient (Wildman–Crippen LogP) is 4.25. The Kier molecular flexibility index (Phi) is 5.53. The Morgan fingerprint density at radius 1 is 1.20 bits per heavy atom. The number of rotatable bonds is 6. The topological polar surface area (TPSA) is 72.2 Å². The lowest BCUT2D eigenvalue weighted by molar-refractivity contribution is -0.117. The van der Waals surface area contributed by atoms with E-state index in [9.17, 15) is 9.59 Å². The third kappa shape index (κ3) is 3.76. The van der Waals surface area contributed by atoms with Crippen LogP contribution in [0.25, 0.3) is 0 Å². The van der Waals surface area contributed by atoms with Gasteiger partial charge in [-0.25, -0.2) is 0 Å². The van der Waals surface area contributed by atoms with Crippen LogP contribution in [0.1, 0.15) is 64.9 Å². The molecule has 2 amide bonds. The van der Waals surface area contributed by atoms with Gasteiger partial charge in [0.05, 0.1) is 11.5 Å². The number of fused-ring (bicyclic) bond motifs is 1. The van der Waals surface area contributed by atoms with Crippen LogP contribution in [0.2, 0.25) is 0 Å². The van der Waals surface area contributed by atoms with Gasteiger partial charge in [0.2, 0.25) is 5.91 Å². The van der Waals surface area contributed by atoms with E-state index in [2.05, 4.69) is 12.2 Å². The third-order valence-electron chi connectivity index (χ3n) is 4.75. The summed E-state index contributed by atoms with van der Waals surface area (Å²) in [6.45, 7) is 2.07. The molecule has 1 aromatic carbocycles. The molecule has 0 spiro atoms. The molecule has 1 unspecified atom stereocenters. The molecule has 1 aliphatic rings. The molecule has 25 heavy (non-hydrogen) atoms. The molecular weight excluding hydrogens is 332 g/mol. The summed E-state index contributed by atoms with van der Waals surface area (Å²) in [6, 6.07) is 9.81. The number of carbonyl (C=O) groups is 2. The van der Waals surface area contributed by atoms with Gasteiger partial charge in [-0.2, -0.15) is 0 Å². The number of benzene rings is 1. The fraction of sp³-hybridized carbons (Fsp3) is 0.400. The predicted molar refractivity (Wildman–Crippen MR) is 102 cm³/mol. The van der Waals surface area contributed by atoms with Gasteiger partial charge >= 0.3 is 0 Å². The van der Waals surface area contributed by atoms with Crippen LogP contribution in [-0.2, 0) is 17.6 Å². The first-order valence-corrected chi connectivity index (χ1v) is 9.73. The molecule has 3 N–H and O–H groups in total. The van der Waals surface area contributed by atoms with Crippen molar-refractivity contribution < 1.29 is 9.59 Å². The van der Waals surface area contributed by atoms with Crippen molar-refractivity contribution in [3.8, 4) is 0 Å². The van der Waals surface area contributed by atoms with Gasteiger partial charge in [0.1, 0.15) is 5.00 Å². The standard InChI is InChI=1S/C20H24N2O2S/c1-2-8-14(13-9-4-3-5-10-13)19(24)22-20-17(18(21)23)15-11-6-7-12-16(15)25-20/h3-5,9-10,14H,2,6-8,11-12H2,1H3,(H2,21,23)(H,22,24). The summed E-state index contributed by atoms with van der Waals surface area (Å²) in [5.74, 6) is -0.721. The maximum absolute atomic E-state index is 12.9. The molecule has 0 aliphatic heterocycles. The number of aryl methyl sites for hydroxylation is 1. The number of amides is 2. The highest BCUT2D eigenvalue weighted by atomic mass is 32.1. The van der Waals surface area contributed by atoms with Gasteiger partial charge in [0.15, 0.2) is 0 Å². The minimum atomic E-state index is -0.443. The van der Waals surface area contributed by atoms with Gasteiger partial charge in [0, 0.05) is 4.88 Å². The number of nitrogens with two attached hydrogens (primary N) is 1. The van der Waals surface area contributed by atoms with Gasteiger partial charge in [-0.05, 0) is 43.2 Å². The molecule has 132 valence electrons. The number of hydrogen-bond acceptors (Lipinski definition) is 3. The lowest BCUT2D eigenvalue weighted by Crippen LogP contribution is -2.23. The zero-order chi connectivity index (χ0) is 17.8. The smallest absolute Gasteiger partial charge is 0.251 e. The molecule has 0 bridgehead atoms. The van der Waals surface area contributed by atoms with Crippen molar-refractivity contribution in [3.05, 3.63) is 51.9 Å². The van der Waals surface area contributed by atoms with Gasteiger partial charge < -0.3 is 11.1 Å². The average molecular weight is 356 g/mol. The Morgan fingerprint density at radius 3 is 2.60 bits per heavy atom. The summed E-state index contributed by atoms with van der Waals surface area (Å²) < 4.78 is 0. The van der Waals surface area contributed by atoms with Gasteiger partial charge in [-0.1, -0.05) is 43.7 Å². The van der Waals surface area contributed by atoms with E-state index in [4.69, 9.17) is 5.73 Å². The fourth-order valence-electron chi connectivity index (χ4n) is 3.54. The van der Waals surface area contributed by atoms with Crippen LogP contribution >= 0.6 is 11.3 Å². The zero-order valence-electron chi connectivity index (χ0n) is 14.5. The molecule has 1 aliphatic carbocycles. The minimum absolute atomic E-state index is 0.0610. The molecule has 3 rings (SSSR count). The van der Waals surface area contributed by atoms with Crippen molar-refractivity contribution in [1.82, 2.24) is 0 Å². The van der Waals surface area contributed by atoms with Crippen molar-refractivity contribution in [2.45, 2.75) is 51.4 Å². The highest BCUT2D eigenvalue weighted by Gasteiger charge is 2.27. The second-order valence-corrected chi connectivity index (χ2v) is 7.63. The maximum Gasteiger partial charge on any atom is 0.251 e. The van der Waals surface area contributed by atoms with E-state index in [1.165, 1.54) is 16.2 Å². The minimum Gasteiger partial charge on any atom is -0.365 e. The molecule has 0 saturated carbocycles. The van der Waals surface area contributed by atoms with Crippen LogP contribution < -0.4 is 11.1 Å². The van der Waals surface area contributed by atoms with Crippen molar-refractivity contribution in [1.29, 1.82) is 0 Å². The SMILES string of the molecule is CCCC(C(=O)Nc1sc2c(c1C(N)=O)CCCC2)c1ccccc1. The van der Waals surface area contributed by atoms with Crippen LogP contribution in [0.15, 0.2) is 30.3 Å². The number of thiophene rings is 1. The Morgan fingerprint density at radius 2 is 1.92 bits per heavy atom. The molecule has 0 saturated heterocycles. The number of hydrogen-bond donors (Lipinski definition) is 2. The van der Waals surface area contributed by atoms with Crippen LogP contribution in [0, 0.1) is 0 Å². The lowest BCUT2D eigenvalue weighted by Gasteiger charge is -2.16. The van der Waals surface area contributed by atoms with E-state index in [-0.39, 0.29) is 11.8 Å². The van der Waals surface area contributed by atoms with Gasteiger partial charge in [-0.15, -0.1) is 11.3 Å². The highest BCUT2D eigenvalue weighted by Crippen LogP contribution is 2.38. The number of primary amides is 1. The summed E-state index contributed by atoms with van der Waals surface area (Å²) in [6.07, 6.45) is 5.72. The summed E-state index contributed by atoms with van der Waals surface area (Å²) in [5.41, 5.74) is 8.20. The first-order valence-electron chi connectivity index (χ1n) is 8.92. The Balaban J connectivity index is 1.89. The van der Waals surface area contributed by atoms with Crippen molar-refractivity contribution in [2.75, 3.05) is 5.32 Å². The summed E-state index contributed by atoms with van der Waals surface area (Å²) >= 11 is 1.52. The van der Waals surface area contributed by atoms with Crippen molar-refractivity contribution in [2.24, 2.45) is 5.73 Å². The van der Waals surface area contributed by atoms with E-state index in [0.717, 1.165) is 49.7 Å². The van der Waals surface area contributed by atoms with Crippen molar-refractivity contribution in [3.63, 3.8) is 0 Å². The van der Waals surface area contributed by atoms with Gasteiger partial charge in [0.25, 0.3) is 5.91 Å². The van der Waals surface area contributed by atoms with E-state index >= 15 is 0 Å². The van der Waals surface area contributed by atoms with E-state index < -0.39 is 5.91 Å². The van der Waals surface area contributed by atoms with Crippen LogP contribution in [-0.4, -0.2) is 11.8 Å². The number of anilines is 1. The number of carbonyl (C=O) groups excluding carboxylic acids is 2. The van der Waals surface area contributed by atoms with Gasteiger partial charge in [-0.3, -0.25) is 9.59 Å². The molecule has 0 fully saturated rings. The second kappa shape index (κ2) is 7.83. The maximum atomic E-state index is 12.9. The quantitative estimate of drug-likeness (QED) is 0.812. The van der Waals surface area contributed by atoms with E-state index in [1.54, 1.807) is 0 Å². The summed E-state index contributed by atoms with van der Waals surface area (Å²) in [7, 11) is 0. The lowest BCUT2D eigenvalue weighted by atomic mass is 9.93. The van der Waals surface area contributed by atoms with Crippen molar-refractivity contribution >= 4 is 28.2 Å². The third-order valence-corrected chi connectivity index (χ3v) is 5.96. The summed E-state index contributed by atoms with van der Waals surface area (Å²) in [5, 5.41) is 3.64. The van der Waals surface area contributed by atoms with Crippen LogP contribution in [0.5, 0.6) is 0 Å². The molecular formula is C20H24N2O2S. The zero-order valence-corrected chi connectivity index (χ0v) is 15.3. The average Bonchev–Trinajstić information content (AvgIpc) is 2.98. The molecule has 4 nitrogen and oxygen atoms in total. The number of nitrogens with one attached hydrogen (secondary N) is 1. The molecule has 1 atom stereocenters. The Bertz CT molecular complexity index is 768. The summed E-state index contributed by atoms with van der Waals surface area (Å²) in [4.78, 5) is 26.1. The second-order valence-electron chi connectivity index (χ2n) is 6.52.